The first-order chi connectivity index (χ1) is 10.9. The second-order valence-corrected chi connectivity index (χ2v) is 6.53. The summed E-state index contributed by atoms with van der Waals surface area (Å²) in [5.74, 6) is 0.313. The van der Waals surface area contributed by atoms with Gasteiger partial charge < -0.3 is 0 Å². The van der Waals surface area contributed by atoms with Gasteiger partial charge in [-0.25, -0.2) is 4.39 Å². The largest absolute Gasteiger partial charge is 0.258 e. The van der Waals surface area contributed by atoms with E-state index in [0.29, 0.717) is 11.5 Å². The van der Waals surface area contributed by atoms with Gasteiger partial charge in [-0.05, 0) is 68.7 Å². The minimum Gasteiger partial charge on any atom is -0.258 e. The zero-order chi connectivity index (χ0) is 17.0. The van der Waals surface area contributed by atoms with Gasteiger partial charge in [0.05, 0.1) is 5.69 Å². The van der Waals surface area contributed by atoms with E-state index in [9.17, 15) is 4.39 Å². The Morgan fingerprint density at radius 2 is 1.74 bits per heavy atom. The zero-order valence-corrected chi connectivity index (χ0v) is 14.8. The number of aryl methyl sites for hydroxylation is 3. The van der Waals surface area contributed by atoms with Gasteiger partial charge in [-0.3, -0.25) is 4.99 Å². The maximum Gasteiger partial charge on any atom is 0.128 e. The van der Waals surface area contributed by atoms with Crippen LogP contribution in [0.1, 0.15) is 54.9 Å². The molecule has 0 amide bonds. The smallest absolute Gasteiger partial charge is 0.128 e. The predicted octanol–water partition coefficient (Wildman–Crippen LogP) is 6.43. The average molecular weight is 311 g/mol. The molecule has 2 aromatic carbocycles. The summed E-state index contributed by atoms with van der Waals surface area (Å²) in [6.45, 7) is 10.2. The zero-order valence-electron chi connectivity index (χ0n) is 14.8. The molecule has 0 N–H and O–H groups in total. The van der Waals surface area contributed by atoms with Crippen LogP contribution in [0, 0.1) is 26.6 Å². The number of halogens is 1. The monoisotopic (exact) mass is 311 g/mol. The van der Waals surface area contributed by atoms with Crippen LogP contribution >= 0.6 is 0 Å². The number of aliphatic imine (C=N–C) groups is 1. The van der Waals surface area contributed by atoms with E-state index in [0.717, 1.165) is 29.8 Å². The quantitative estimate of drug-likeness (QED) is 0.564. The summed E-state index contributed by atoms with van der Waals surface area (Å²) >= 11 is 0. The lowest BCUT2D eigenvalue weighted by Gasteiger charge is -2.14. The van der Waals surface area contributed by atoms with Crippen molar-refractivity contribution in [1.82, 2.24) is 0 Å². The lowest BCUT2D eigenvalue weighted by atomic mass is 9.92. The van der Waals surface area contributed by atoms with Crippen molar-refractivity contribution in [1.29, 1.82) is 0 Å². The van der Waals surface area contributed by atoms with Crippen molar-refractivity contribution in [3.63, 3.8) is 0 Å². The number of benzene rings is 2. The first-order valence-corrected chi connectivity index (χ1v) is 8.25. The second-order valence-electron chi connectivity index (χ2n) is 6.53. The fourth-order valence-corrected chi connectivity index (χ4v) is 2.92. The Morgan fingerprint density at radius 1 is 1.04 bits per heavy atom. The highest BCUT2D eigenvalue weighted by atomic mass is 19.1. The molecular weight excluding hydrogens is 285 g/mol. The fraction of sp³-hybridized carbons (Fsp3) is 0.381. The number of rotatable bonds is 5. The molecule has 0 aromatic heterocycles. The highest BCUT2D eigenvalue weighted by Gasteiger charge is 2.09. The van der Waals surface area contributed by atoms with Gasteiger partial charge in [0.25, 0.3) is 0 Å². The minimum atomic E-state index is -0.185. The number of hydrogen-bond acceptors (Lipinski definition) is 1. The molecule has 1 atom stereocenters. The van der Waals surface area contributed by atoms with Crippen molar-refractivity contribution >= 4 is 11.4 Å². The molecule has 0 aliphatic heterocycles. The molecule has 2 heteroatoms. The van der Waals surface area contributed by atoms with Gasteiger partial charge in [0.15, 0.2) is 0 Å². The van der Waals surface area contributed by atoms with Gasteiger partial charge in [-0.15, -0.1) is 0 Å². The molecular formula is C21H26FN. The van der Waals surface area contributed by atoms with Crippen LogP contribution in [0.2, 0.25) is 0 Å². The molecule has 122 valence electrons. The Kier molecular flexibility index (Phi) is 5.70. The van der Waals surface area contributed by atoms with Crippen molar-refractivity contribution in [2.75, 3.05) is 0 Å². The van der Waals surface area contributed by atoms with Crippen molar-refractivity contribution in [3.05, 3.63) is 64.5 Å². The maximum absolute atomic E-state index is 13.7. The standard InChI is InChI=1S/C21H26FN/c1-14-8-6-7-9-19(14)15(2)10-11-18(5)23-21-13-20(22)16(3)12-17(21)4/h6-9,12-13,15H,10-11H2,1-5H3. The van der Waals surface area contributed by atoms with E-state index in [4.69, 9.17) is 0 Å². The summed E-state index contributed by atoms with van der Waals surface area (Å²) in [7, 11) is 0. The van der Waals surface area contributed by atoms with Crippen LogP contribution in [-0.4, -0.2) is 5.71 Å². The molecule has 0 fully saturated rings. The first-order valence-electron chi connectivity index (χ1n) is 8.25. The Balaban J connectivity index is 2.06. The second kappa shape index (κ2) is 7.54. The molecule has 2 rings (SSSR count). The van der Waals surface area contributed by atoms with E-state index in [1.54, 1.807) is 13.0 Å². The number of nitrogens with zero attached hydrogens (tertiary/aromatic N) is 1. The molecule has 2 aromatic rings. The van der Waals surface area contributed by atoms with E-state index in [-0.39, 0.29) is 5.82 Å². The Morgan fingerprint density at radius 3 is 2.43 bits per heavy atom. The molecule has 1 unspecified atom stereocenters. The van der Waals surface area contributed by atoms with Crippen LogP contribution in [0.4, 0.5) is 10.1 Å². The molecule has 0 radical (unpaired) electrons. The van der Waals surface area contributed by atoms with Crippen molar-refractivity contribution < 1.29 is 4.39 Å². The SMILES string of the molecule is CC(CCC(C)c1ccccc1C)=Nc1cc(F)c(C)cc1C. The van der Waals surface area contributed by atoms with Crippen LogP contribution in [-0.2, 0) is 0 Å². The molecule has 0 saturated heterocycles. The Labute approximate surface area is 139 Å². The van der Waals surface area contributed by atoms with Gasteiger partial charge in [-0.2, -0.15) is 0 Å². The molecule has 0 heterocycles. The topological polar surface area (TPSA) is 12.4 Å². The third-order valence-corrected chi connectivity index (χ3v) is 4.45. The summed E-state index contributed by atoms with van der Waals surface area (Å²) in [5, 5.41) is 0. The van der Waals surface area contributed by atoms with Crippen LogP contribution < -0.4 is 0 Å². The van der Waals surface area contributed by atoms with Crippen molar-refractivity contribution in [2.24, 2.45) is 4.99 Å². The molecule has 0 aliphatic rings. The van der Waals surface area contributed by atoms with Crippen LogP contribution in [0.5, 0.6) is 0 Å². The predicted molar refractivity (Wildman–Crippen MR) is 97.5 cm³/mol. The lowest BCUT2D eigenvalue weighted by Crippen LogP contribution is -2.00. The van der Waals surface area contributed by atoms with Gasteiger partial charge in [-0.1, -0.05) is 37.3 Å². The van der Waals surface area contributed by atoms with Gasteiger partial charge in [0.2, 0.25) is 0 Å². The Hall–Kier alpha value is -1.96. The van der Waals surface area contributed by atoms with Gasteiger partial charge in [0.1, 0.15) is 5.82 Å². The fourth-order valence-electron chi connectivity index (χ4n) is 2.92. The van der Waals surface area contributed by atoms with E-state index in [1.165, 1.54) is 11.1 Å². The summed E-state index contributed by atoms with van der Waals surface area (Å²) in [6.07, 6.45) is 1.97. The molecule has 23 heavy (non-hydrogen) atoms. The third kappa shape index (κ3) is 4.51. The highest BCUT2D eigenvalue weighted by Crippen LogP contribution is 2.26. The maximum atomic E-state index is 13.7. The Bertz CT molecular complexity index is 716. The van der Waals surface area contributed by atoms with Crippen LogP contribution in [0.15, 0.2) is 41.4 Å². The first kappa shape index (κ1) is 17.4. The van der Waals surface area contributed by atoms with Gasteiger partial charge >= 0.3 is 0 Å². The summed E-state index contributed by atoms with van der Waals surface area (Å²) in [6, 6.07) is 11.9. The van der Waals surface area contributed by atoms with E-state index < -0.39 is 0 Å². The summed E-state index contributed by atoms with van der Waals surface area (Å²) < 4.78 is 13.7. The molecule has 0 aliphatic carbocycles. The molecule has 0 saturated carbocycles. The third-order valence-electron chi connectivity index (χ3n) is 4.45. The molecule has 0 bridgehead atoms. The average Bonchev–Trinajstić information content (AvgIpc) is 2.51. The summed E-state index contributed by atoms with van der Waals surface area (Å²) in [4.78, 5) is 4.63. The molecule has 1 nitrogen and oxygen atoms in total. The van der Waals surface area contributed by atoms with Crippen LogP contribution in [0.25, 0.3) is 0 Å². The van der Waals surface area contributed by atoms with E-state index in [2.05, 4.69) is 43.1 Å². The van der Waals surface area contributed by atoms with Crippen LogP contribution in [0.3, 0.4) is 0 Å². The lowest BCUT2D eigenvalue weighted by molar-refractivity contribution is 0.618. The molecule has 0 spiro atoms. The highest BCUT2D eigenvalue weighted by molar-refractivity contribution is 5.85. The van der Waals surface area contributed by atoms with Gasteiger partial charge in [0, 0.05) is 11.8 Å². The van der Waals surface area contributed by atoms with Crippen molar-refractivity contribution in [3.8, 4) is 0 Å². The van der Waals surface area contributed by atoms with E-state index >= 15 is 0 Å². The van der Waals surface area contributed by atoms with E-state index in [1.807, 2.05) is 19.9 Å². The normalized spacial score (nSPS) is 13.2. The van der Waals surface area contributed by atoms with Crippen molar-refractivity contribution in [2.45, 2.75) is 53.4 Å². The minimum absolute atomic E-state index is 0.185. The summed E-state index contributed by atoms with van der Waals surface area (Å²) in [5.41, 5.74) is 6.23. The number of hydrogen-bond donors (Lipinski definition) is 0.